The summed E-state index contributed by atoms with van der Waals surface area (Å²) in [5.41, 5.74) is 0.452. The lowest BCUT2D eigenvalue weighted by molar-refractivity contribution is 0.0953. The Morgan fingerprint density at radius 3 is 2.37 bits per heavy atom. The number of benzene rings is 2. The van der Waals surface area contributed by atoms with Gasteiger partial charge in [-0.05, 0) is 61.9 Å². The largest absolute Gasteiger partial charge is 0.352 e. The van der Waals surface area contributed by atoms with Crippen molar-refractivity contribution >= 4 is 27.7 Å². The zero-order chi connectivity index (χ0) is 19.7. The first-order valence-electron chi connectivity index (χ1n) is 9.01. The second-order valence-corrected chi connectivity index (χ2v) is 9.11. The highest BCUT2D eigenvalue weighted by Gasteiger charge is 2.17. The summed E-state index contributed by atoms with van der Waals surface area (Å²) in [6.07, 6.45) is 1.57. The fourth-order valence-electron chi connectivity index (χ4n) is 2.28. The number of sulfonamides is 1. The summed E-state index contributed by atoms with van der Waals surface area (Å²) in [6, 6.07) is 16.0. The summed E-state index contributed by atoms with van der Waals surface area (Å²) in [4.78, 5) is 13.6. The van der Waals surface area contributed by atoms with Gasteiger partial charge in [-0.2, -0.15) is 0 Å². The van der Waals surface area contributed by atoms with E-state index in [0.29, 0.717) is 18.5 Å². The number of hydrogen-bond donors (Lipinski definition) is 2. The number of amides is 1. The lowest BCUT2D eigenvalue weighted by atomic mass is 10.2. The molecule has 0 aliphatic carbocycles. The van der Waals surface area contributed by atoms with Crippen molar-refractivity contribution in [2.24, 2.45) is 0 Å². The average Bonchev–Trinajstić information content (AvgIpc) is 2.68. The summed E-state index contributed by atoms with van der Waals surface area (Å²) in [5.74, 6) is 0.724. The zero-order valence-corrected chi connectivity index (χ0v) is 17.3. The van der Waals surface area contributed by atoms with E-state index in [9.17, 15) is 13.2 Å². The molecule has 2 rings (SSSR count). The van der Waals surface area contributed by atoms with Gasteiger partial charge < -0.3 is 5.32 Å². The minimum absolute atomic E-state index is 0.133. The molecule has 146 valence electrons. The molecule has 1 atom stereocenters. The number of hydrogen-bond acceptors (Lipinski definition) is 4. The van der Waals surface area contributed by atoms with Crippen LogP contribution in [-0.4, -0.2) is 32.7 Å². The molecule has 27 heavy (non-hydrogen) atoms. The normalized spacial score (nSPS) is 12.5. The van der Waals surface area contributed by atoms with Crippen LogP contribution in [-0.2, 0) is 10.0 Å². The minimum Gasteiger partial charge on any atom is -0.352 e. The lowest BCUT2D eigenvalue weighted by Crippen LogP contribution is -2.32. The standard InChI is InChI=1S/C20H26N2O3S2/c1-3-16(2)22-27(24,25)19-12-10-17(11-13-19)20(23)21-14-7-15-26-18-8-5-4-6-9-18/h4-6,8-13,16,22H,3,7,14-15H2,1-2H3,(H,21,23). The van der Waals surface area contributed by atoms with Gasteiger partial charge in [0.25, 0.3) is 5.91 Å². The van der Waals surface area contributed by atoms with Crippen molar-refractivity contribution in [1.29, 1.82) is 0 Å². The highest BCUT2D eigenvalue weighted by Crippen LogP contribution is 2.17. The highest BCUT2D eigenvalue weighted by molar-refractivity contribution is 7.99. The molecule has 2 aromatic carbocycles. The van der Waals surface area contributed by atoms with Crippen LogP contribution >= 0.6 is 11.8 Å². The van der Waals surface area contributed by atoms with Gasteiger partial charge in [0.2, 0.25) is 10.0 Å². The van der Waals surface area contributed by atoms with Crippen LogP contribution in [0.3, 0.4) is 0 Å². The number of thioether (sulfide) groups is 1. The third-order valence-electron chi connectivity index (χ3n) is 4.01. The third kappa shape index (κ3) is 7.01. The second-order valence-electron chi connectivity index (χ2n) is 6.23. The second kappa shape index (κ2) is 10.5. The zero-order valence-electron chi connectivity index (χ0n) is 15.6. The molecule has 7 heteroatoms. The molecule has 0 aliphatic rings. The summed E-state index contributed by atoms with van der Waals surface area (Å²) in [6.45, 7) is 4.31. The predicted molar refractivity (Wildman–Crippen MR) is 111 cm³/mol. The summed E-state index contributed by atoms with van der Waals surface area (Å²) >= 11 is 1.75. The minimum atomic E-state index is -3.55. The fraction of sp³-hybridized carbons (Fsp3) is 0.350. The molecular formula is C20H26N2O3S2. The number of carbonyl (C=O) groups excluding carboxylic acids is 1. The van der Waals surface area contributed by atoms with Crippen LogP contribution in [0.1, 0.15) is 37.0 Å². The van der Waals surface area contributed by atoms with E-state index in [1.807, 2.05) is 32.0 Å². The van der Waals surface area contributed by atoms with E-state index in [-0.39, 0.29) is 16.8 Å². The van der Waals surface area contributed by atoms with Gasteiger partial charge in [-0.15, -0.1) is 11.8 Å². The van der Waals surface area contributed by atoms with E-state index >= 15 is 0 Å². The maximum atomic E-state index is 12.2. The molecule has 0 aromatic heterocycles. The van der Waals surface area contributed by atoms with E-state index in [1.54, 1.807) is 23.9 Å². The Morgan fingerprint density at radius 2 is 1.74 bits per heavy atom. The first-order valence-corrected chi connectivity index (χ1v) is 11.5. The highest BCUT2D eigenvalue weighted by atomic mass is 32.2. The van der Waals surface area contributed by atoms with Crippen molar-refractivity contribution in [2.45, 2.75) is 42.5 Å². The first-order chi connectivity index (χ1) is 12.9. The molecule has 0 radical (unpaired) electrons. The van der Waals surface area contributed by atoms with Crippen LogP contribution in [0.2, 0.25) is 0 Å². The van der Waals surface area contributed by atoms with E-state index < -0.39 is 10.0 Å². The van der Waals surface area contributed by atoms with Gasteiger partial charge in [0, 0.05) is 23.0 Å². The predicted octanol–water partition coefficient (Wildman–Crippen LogP) is 3.68. The van der Waals surface area contributed by atoms with Gasteiger partial charge in [0.05, 0.1) is 4.90 Å². The molecule has 2 aromatic rings. The third-order valence-corrected chi connectivity index (χ3v) is 6.72. The van der Waals surface area contributed by atoms with Gasteiger partial charge in [-0.25, -0.2) is 13.1 Å². The van der Waals surface area contributed by atoms with Crippen molar-refractivity contribution in [3.63, 3.8) is 0 Å². The molecule has 1 unspecified atom stereocenters. The molecule has 0 spiro atoms. The Morgan fingerprint density at radius 1 is 1.07 bits per heavy atom. The summed E-state index contributed by atoms with van der Waals surface area (Å²) in [7, 11) is -3.55. The molecule has 0 bridgehead atoms. The van der Waals surface area contributed by atoms with Gasteiger partial charge >= 0.3 is 0 Å². The molecular weight excluding hydrogens is 380 g/mol. The van der Waals surface area contributed by atoms with Crippen LogP contribution in [0.25, 0.3) is 0 Å². The van der Waals surface area contributed by atoms with Crippen molar-refractivity contribution < 1.29 is 13.2 Å². The Bertz CT molecular complexity index is 822. The fourth-order valence-corrected chi connectivity index (χ4v) is 4.49. The Labute approximate surface area is 166 Å². The summed E-state index contributed by atoms with van der Waals surface area (Å²) < 4.78 is 27.1. The van der Waals surface area contributed by atoms with E-state index in [0.717, 1.165) is 12.2 Å². The first kappa shape index (κ1) is 21.5. The molecule has 2 N–H and O–H groups in total. The van der Waals surface area contributed by atoms with Crippen molar-refractivity contribution in [1.82, 2.24) is 10.0 Å². The van der Waals surface area contributed by atoms with E-state index in [1.165, 1.54) is 17.0 Å². The lowest BCUT2D eigenvalue weighted by Gasteiger charge is -2.12. The molecule has 0 fully saturated rings. The molecule has 0 saturated carbocycles. The van der Waals surface area contributed by atoms with Crippen LogP contribution < -0.4 is 10.0 Å². The monoisotopic (exact) mass is 406 g/mol. The maximum absolute atomic E-state index is 12.2. The number of nitrogens with one attached hydrogen (secondary N) is 2. The van der Waals surface area contributed by atoms with Crippen LogP contribution in [0, 0.1) is 0 Å². The summed E-state index contributed by atoms with van der Waals surface area (Å²) in [5, 5.41) is 2.87. The Hall–Kier alpha value is -1.83. The Kier molecular flexibility index (Phi) is 8.34. The van der Waals surface area contributed by atoms with Crippen LogP contribution in [0.5, 0.6) is 0 Å². The molecule has 0 heterocycles. The molecule has 1 amide bonds. The van der Waals surface area contributed by atoms with Crippen molar-refractivity contribution in [2.75, 3.05) is 12.3 Å². The maximum Gasteiger partial charge on any atom is 0.251 e. The quantitative estimate of drug-likeness (QED) is 0.466. The molecule has 5 nitrogen and oxygen atoms in total. The Balaban J connectivity index is 1.79. The topological polar surface area (TPSA) is 75.3 Å². The van der Waals surface area contributed by atoms with Gasteiger partial charge in [-0.1, -0.05) is 25.1 Å². The van der Waals surface area contributed by atoms with Crippen molar-refractivity contribution in [3.05, 3.63) is 60.2 Å². The SMILES string of the molecule is CCC(C)NS(=O)(=O)c1ccc(C(=O)NCCCSc2ccccc2)cc1. The average molecular weight is 407 g/mol. The van der Waals surface area contributed by atoms with Crippen LogP contribution in [0.15, 0.2) is 64.4 Å². The van der Waals surface area contributed by atoms with Gasteiger partial charge in [-0.3, -0.25) is 4.79 Å². The number of rotatable bonds is 10. The van der Waals surface area contributed by atoms with E-state index in [4.69, 9.17) is 0 Å². The molecule has 0 aliphatic heterocycles. The smallest absolute Gasteiger partial charge is 0.251 e. The van der Waals surface area contributed by atoms with Crippen LogP contribution in [0.4, 0.5) is 0 Å². The number of carbonyl (C=O) groups is 1. The van der Waals surface area contributed by atoms with Gasteiger partial charge in [0.15, 0.2) is 0 Å². The van der Waals surface area contributed by atoms with Gasteiger partial charge in [0.1, 0.15) is 0 Å². The molecule has 0 saturated heterocycles. The van der Waals surface area contributed by atoms with Crippen molar-refractivity contribution in [3.8, 4) is 0 Å². The van der Waals surface area contributed by atoms with E-state index in [2.05, 4.69) is 22.2 Å².